The quantitative estimate of drug-likeness (QED) is 0.650. The Bertz CT molecular complexity index is 716. The highest BCUT2D eigenvalue weighted by Crippen LogP contribution is 2.17. The summed E-state index contributed by atoms with van der Waals surface area (Å²) in [5, 5.41) is 13.4. The van der Waals surface area contributed by atoms with Gasteiger partial charge in [-0.1, -0.05) is 23.8 Å². The summed E-state index contributed by atoms with van der Waals surface area (Å²) in [6.45, 7) is 2.73. The van der Waals surface area contributed by atoms with Crippen LogP contribution in [0.3, 0.4) is 0 Å². The number of ether oxygens (including phenoxy) is 1. The Hall–Kier alpha value is -3.09. The van der Waals surface area contributed by atoms with E-state index in [9.17, 15) is 14.9 Å². The predicted molar refractivity (Wildman–Crippen MR) is 91.4 cm³/mol. The maximum Gasteiger partial charge on any atom is 0.321 e. The molecule has 2 amide bonds. The molecule has 0 radical (unpaired) electrons. The molecule has 0 saturated heterocycles. The standard InChI is InChI=1S/C17H19N3O4/c1-13-6-8-16(9-7-13)24-11-10-19(2)17(21)18-14-4-3-5-15(12-14)20(22)23/h3-9,12H,10-11H2,1-2H3,(H,18,21). The number of hydrogen-bond acceptors (Lipinski definition) is 4. The van der Waals surface area contributed by atoms with E-state index in [0.717, 1.165) is 11.3 Å². The van der Waals surface area contributed by atoms with Crippen molar-refractivity contribution in [3.05, 3.63) is 64.2 Å². The van der Waals surface area contributed by atoms with Gasteiger partial charge in [0.05, 0.1) is 11.5 Å². The molecule has 0 fully saturated rings. The third-order valence-corrected chi connectivity index (χ3v) is 3.37. The molecule has 2 rings (SSSR count). The summed E-state index contributed by atoms with van der Waals surface area (Å²) in [4.78, 5) is 23.8. The van der Waals surface area contributed by atoms with Gasteiger partial charge >= 0.3 is 6.03 Å². The highest BCUT2D eigenvalue weighted by Gasteiger charge is 2.11. The molecule has 0 aliphatic rings. The van der Waals surface area contributed by atoms with Crippen LogP contribution in [-0.2, 0) is 0 Å². The molecule has 0 unspecified atom stereocenters. The number of amides is 2. The highest BCUT2D eigenvalue weighted by atomic mass is 16.6. The molecule has 2 aromatic carbocycles. The number of rotatable bonds is 6. The molecule has 0 aliphatic carbocycles. The van der Waals surface area contributed by atoms with E-state index in [1.165, 1.54) is 23.1 Å². The molecule has 2 aromatic rings. The van der Waals surface area contributed by atoms with E-state index in [-0.39, 0.29) is 11.7 Å². The lowest BCUT2D eigenvalue weighted by molar-refractivity contribution is -0.384. The third-order valence-electron chi connectivity index (χ3n) is 3.37. The van der Waals surface area contributed by atoms with Crippen molar-refractivity contribution in [2.45, 2.75) is 6.92 Å². The summed E-state index contributed by atoms with van der Waals surface area (Å²) in [6, 6.07) is 13.1. The molecular formula is C17H19N3O4. The Balaban J connectivity index is 1.82. The number of nitro benzene ring substituents is 1. The average molecular weight is 329 g/mol. The minimum absolute atomic E-state index is 0.0712. The number of carbonyl (C=O) groups excluding carboxylic acids is 1. The minimum Gasteiger partial charge on any atom is -0.492 e. The van der Waals surface area contributed by atoms with Crippen LogP contribution in [0, 0.1) is 17.0 Å². The van der Waals surface area contributed by atoms with Crippen molar-refractivity contribution >= 4 is 17.4 Å². The predicted octanol–water partition coefficient (Wildman–Crippen LogP) is 3.45. The lowest BCUT2D eigenvalue weighted by atomic mass is 10.2. The summed E-state index contributed by atoms with van der Waals surface area (Å²) in [7, 11) is 1.63. The zero-order valence-corrected chi connectivity index (χ0v) is 13.6. The van der Waals surface area contributed by atoms with E-state index in [4.69, 9.17) is 4.74 Å². The number of hydrogen-bond donors (Lipinski definition) is 1. The monoisotopic (exact) mass is 329 g/mol. The Morgan fingerprint density at radius 1 is 1.25 bits per heavy atom. The summed E-state index contributed by atoms with van der Waals surface area (Å²) in [5.41, 5.74) is 1.45. The van der Waals surface area contributed by atoms with E-state index < -0.39 is 4.92 Å². The summed E-state index contributed by atoms with van der Waals surface area (Å²) in [6.07, 6.45) is 0. The molecule has 1 N–H and O–H groups in total. The number of urea groups is 1. The molecule has 0 bridgehead atoms. The van der Waals surface area contributed by atoms with E-state index in [2.05, 4.69) is 5.32 Å². The van der Waals surface area contributed by atoms with E-state index >= 15 is 0 Å². The molecule has 126 valence electrons. The second-order valence-corrected chi connectivity index (χ2v) is 5.32. The van der Waals surface area contributed by atoms with Gasteiger partial charge in [0, 0.05) is 24.9 Å². The number of nitrogens with one attached hydrogen (secondary N) is 1. The SMILES string of the molecule is Cc1ccc(OCCN(C)C(=O)Nc2cccc([N+](=O)[O-])c2)cc1. The van der Waals surface area contributed by atoms with Gasteiger partial charge in [0.25, 0.3) is 5.69 Å². The highest BCUT2D eigenvalue weighted by molar-refractivity contribution is 5.89. The van der Waals surface area contributed by atoms with Gasteiger partial charge in [-0.15, -0.1) is 0 Å². The molecule has 0 spiro atoms. The maximum absolute atomic E-state index is 12.1. The maximum atomic E-state index is 12.1. The van der Waals surface area contributed by atoms with Crippen LogP contribution < -0.4 is 10.1 Å². The third kappa shape index (κ3) is 4.98. The Morgan fingerprint density at radius 2 is 1.96 bits per heavy atom. The van der Waals surface area contributed by atoms with E-state index in [1.54, 1.807) is 13.1 Å². The van der Waals surface area contributed by atoms with Crippen molar-refractivity contribution in [1.82, 2.24) is 4.90 Å². The molecule has 0 heterocycles. The molecule has 0 saturated carbocycles. The van der Waals surface area contributed by atoms with Crippen molar-refractivity contribution in [3.63, 3.8) is 0 Å². The largest absolute Gasteiger partial charge is 0.492 e. The van der Waals surface area contributed by atoms with Gasteiger partial charge in [0.1, 0.15) is 12.4 Å². The number of anilines is 1. The lowest BCUT2D eigenvalue weighted by Crippen LogP contribution is -2.34. The second kappa shape index (κ2) is 7.96. The fourth-order valence-electron chi connectivity index (χ4n) is 1.95. The van der Waals surface area contributed by atoms with Crippen LogP contribution in [0.1, 0.15) is 5.56 Å². The van der Waals surface area contributed by atoms with Gasteiger partial charge in [0.2, 0.25) is 0 Å². The summed E-state index contributed by atoms with van der Waals surface area (Å²) in [5.74, 6) is 0.744. The van der Waals surface area contributed by atoms with Gasteiger partial charge in [0.15, 0.2) is 0 Å². The van der Waals surface area contributed by atoms with Crippen molar-refractivity contribution in [1.29, 1.82) is 0 Å². The number of non-ortho nitro benzene ring substituents is 1. The van der Waals surface area contributed by atoms with Crippen molar-refractivity contribution in [3.8, 4) is 5.75 Å². The van der Waals surface area contributed by atoms with E-state index in [0.29, 0.717) is 18.8 Å². The topological polar surface area (TPSA) is 84.7 Å². The summed E-state index contributed by atoms with van der Waals surface area (Å²) < 4.78 is 5.57. The van der Waals surface area contributed by atoms with Gasteiger partial charge in [-0.2, -0.15) is 0 Å². The Labute approximate surface area is 140 Å². The molecule has 7 nitrogen and oxygen atoms in total. The smallest absolute Gasteiger partial charge is 0.321 e. The number of carbonyl (C=O) groups is 1. The first-order valence-electron chi connectivity index (χ1n) is 7.42. The van der Waals surface area contributed by atoms with Crippen LogP contribution in [-0.4, -0.2) is 36.1 Å². The van der Waals surface area contributed by atoms with Crippen LogP contribution in [0.15, 0.2) is 48.5 Å². The number of nitrogens with zero attached hydrogens (tertiary/aromatic N) is 2. The molecule has 0 atom stereocenters. The normalized spacial score (nSPS) is 10.1. The minimum atomic E-state index is -0.505. The first kappa shape index (κ1) is 17.3. The van der Waals surface area contributed by atoms with Crippen molar-refractivity contribution in [2.75, 3.05) is 25.5 Å². The van der Waals surface area contributed by atoms with Gasteiger partial charge in [-0.05, 0) is 25.1 Å². The lowest BCUT2D eigenvalue weighted by Gasteiger charge is -2.18. The van der Waals surface area contributed by atoms with Crippen molar-refractivity contribution in [2.24, 2.45) is 0 Å². The average Bonchev–Trinajstić information content (AvgIpc) is 2.56. The first-order chi connectivity index (χ1) is 11.5. The number of nitro groups is 1. The second-order valence-electron chi connectivity index (χ2n) is 5.32. The first-order valence-corrected chi connectivity index (χ1v) is 7.42. The van der Waals surface area contributed by atoms with Gasteiger partial charge in [-0.3, -0.25) is 10.1 Å². The van der Waals surface area contributed by atoms with E-state index in [1.807, 2.05) is 31.2 Å². The van der Waals surface area contributed by atoms with Gasteiger partial charge in [-0.25, -0.2) is 4.79 Å². The van der Waals surface area contributed by atoms with Gasteiger partial charge < -0.3 is 15.0 Å². The zero-order valence-electron chi connectivity index (χ0n) is 13.6. The molecule has 0 aliphatic heterocycles. The molecule has 0 aromatic heterocycles. The molecule has 24 heavy (non-hydrogen) atoms. The van der Waals surface area contributed by atoms with Crippen LogP contribution in [0.2, 0.25) is 0 Å². The molecule has 7 heteroatoms. The summed E-state index contributed by atoms with van der Waals surface area (Å²) >= 11 is 0. The van der Waals surface area contributed by atoms with Crippen molar-refractivity contribution < 1.29 is 14.5 Å². The zero-order chi connectivity index (χ0) is 17.5. The van der Waals surface area contributed by atoms with Crippen LogP contribution in [0.5, 0.6) is 5.75 Å². The fraction of sp³-hybridized carbons (Fsp3) is 0.235. The van der Waals surface area contributed by atoms with Crippen LogP contribution in [0.4, 0.5) is 16.2 Å². The number of likely N-dealkylation sites (N-methyl/N-ethyl adjacent to an activating group) is 1. The Morgan fingerprint density at radius 3 is 2.62 bits per heavy atom. The Kier molecular flexibility index (Phi) is 5.73. The molecular weight excluding hydrogens is 310 g/mol. The van der Waals surface area contributed by atoms with Crippen LogP contribution in [0.25, 0.3) is 0 Å². The number of aryl methyl sites for hydroxylation is 1. The number of benzene rings is 2. The van der Waals surface area contributed by atoms with Crippen LogP contribution >= 0.6 is 0 Å². The fourth-order valence-corrected chi connectivity index (χ4v) is 1.95.